The van der Waals surface area contributed by atoms with Crippen molar-refractivity contribution in [2.24, 2.45) is 0 Å². The molecule has 2 aromatic rings. The number of aliphatic hydroxyl groups excluding tert-OH is 1. The van der Waals surface area contributed by atoms with Crippen molar-refractivity contribution in [2.75, 3.05) is 0 Å². The predicted octanol–water partition coefficient (Wildman–Crippen LogP) is 3.52. The van der Waals surface area contributed by atoms with E-state index in [1.54, 1.807) is 12.1 Å². The van der Waals surface area contributed by atoms with E-state index in [0.29, 0.717) is 5.56 Å². The Hall–Kier alpha value is -1.67. The fourth-order valence-electron chi connectivity index (χ4n) is 2.04. The normalized spacial score (nSPS) is 12.5. The van der Waals surface area contributed by atoms with Gasteiger partial charge < -0.3 is 5.11 Å². The zero-order chi connectivity index (χ0) is 12.4. The molecule has 1 N–H and O–H groups in total. The fourth-order valence-corrected chi connectivity index (χ4v) is 2.04. The summed E-state index contributed by atoms with van der Waals surface area (Å²) in [7, 11) is 0. The van der Waals surface area contributed by atoms with Crippen LogP contribution in [0.2, 0.25) is 0 Å². The number of aryl methyl sites for hydroxylation is 2. The Labute approximate surface area is 101 Å². The molecule has 2 heteroatoms. The van der Waals surface area contributed by atoms with E-state index in [-0.39, 0.29) is 5.82 Å². The number of rotatable bonds is 2. The fraction of sp³-hybridized carbons (Fsp3) is 0.200. The number of halogens is 1. The van der Waals surface area contributed by atoms with Gasteiger partial charge in [-0.05, 0) is 37.1 Å². The molecule has 1 nitrogen and oxygen atoms in total. The third kappa shape index (κ3) is 2.71. The van der Waals surface area contributed by atoms with Crippen LogP contribution < -0.4 is 0 Å². The molecule has 0 bridgehead atoms. The molecule has 2 rings (SSSR count). The molecule has 0 aliphatic heterocycles. The van der Waals surface area contributed by atoms with Gasteiger partial charge in [-0.2, -0.15) is 0 Å². The maximum atomic E-state index is 13.1. The molecule has 0 saturated carbocycles. The molecule has 0 aliphatic rings. The minimum absolute atomic E-state index is 0.328. The summed E-state index contributed by atoms with van der Waals surface area (Å²) in [6.45, 7) is 3.96. The van der Waals surface area contributed by atoms with Gasteiger partial charge in [-0.25, -0.2) is 4.39 Å². The van der Waals surface area contributed by atoms with E-state index in [4.69, 9.17) is 0 Å². The second-order valence-electron chi connectivity index (χ2n) is 4.38. The van der Waals surface area contributed by atoms with E-state index in [9.17, 15) is 9.50 Å². The largest absolute Gasteiger partial charge is 0.384 e. The van der Waals surface area contributed by atoms with Crippen LogP contribution in [0, 0.1) is 19.7 Å². The standard InChI is InChI=1S/C15H15FO/c1-10-6-11(2)8-13(7-10)15(17)12-4-3-5-14(16)9-12/h3-9,15,17H,1-2H3/t15-/m1/s1. The van der Waals surface area contributed by atoms with Crippen molar-refractivity contribution < 1.29 is 9.50 Å². The first-order valence-electron chi connectivity index (χ1n) is 5.58. The van der Waals surface area contributed by atoms with E-state index >= 15 is 0 Å². The van der Waals surface area contributed by atoms with Crippen LogP contribution >= 0.6 is 0 Å². The third-order valence-electron chi connectivity index (χ3n) is 2.72. The van der Waals surface area contributed by atoms with Crippen LogP contribution in [0.25, 0.3) is 0 Å². The van der Waals surface area contributed by atoms with E-state index in [1.165, 1.54) is 12.1 Å². The second-order valence-corrected chi connectivity index (χ2v) is 4.38. The summed E-state index contributed by atoms with van der Waals surface area (Å²) >= 11 is 0. The number of benzene rings is 2. The molecule has 0 unspecified atom stereocenters. The van der Waals surface area contributed by atoms with Crippen molar-refractivity contribution in [3.05, 3.63) is 70.5 Å². The zero-order valence-corrected chi connectivity index (χ0v) is 9.94. The lowest BCUT2D eigenvalue weighted by molar-refractivity contribution is 0.219. The molecule has 1 atom stereocenters. The van der Waals surface area contributed by atoms with Crippen molar-refractivity contribution in [1.29, 1.82) is 0 Å². The maximum absolute atomic E-state index is 13.1. The Kier molecular flexibility index (Phi) is 3.25. The number of hydrogen-bond donors (Lipinski definition) is 1. The molecule has 0 amide bonds. The van der Waals surface area contributed by atoms with Gasteiger partial charge >= 0.3 is 0 Å². The van der Waals surface area contributed by atoms with E-state index in [1.807, 2.05) is 32.0 Å². The van der Waals surface area contributed by atoms with Gasteiger partial charge in [0.1, 0.15) is 11.9 Å². The molecule has 0 aromatic heterocycles. The van der Waals surface area contributed by atoms with E-state index < -0.39 is 6.10 Å². The first-order valence-corrected chi connectivity index (χ1v) is 5.58. The lowest BCUT2D eigenvalue weighted by Gasteiger charge is -2.13. The van der Waals surface area contributed by atoms with E-state index in [2.05, 4.69) is 0 Å². The average molecular weight is 230 g/mol. The zero-order valence-electron chi connectivity index (χ0n) is 9.94. The average Bonchev–Trinajstić information content (AvgIpc) is 2.26. The second kappa shape index (κ2) is 4.68. The van der Waals surface area contributed by atoms with Crippen molar-refractivity contribution in [3.63, 3.8) is 0 Å². The highest BCUT2D eigenvalue weighted by Crippen LogP contribution is 2.24. The monoisotopic (exact) mass is 230 g/mol. The maximum Gasteiger partial charge on any atom is 0.123 e. The smallest absolute Gasteiger partial charge is 0.123 e. The molecule has 0 spiro atoms. The Bertz CT molecular complexity index is 514. The summed E-state index contributed by atoms with van der Waals surface area (Å²) in [6, 6.07) is 12.0. The van der Waals surface area contributed by atoms with Gasteiger partial charge in [-0.15, -0.1) is 0 Å². The van der Waals surface area contributed by atoms with Crippen molar-refractivity contribution >= 4 is 0 Å². The Balaban J connectivity index is 2.39. The molecule has 88 valence electrons. The Morgan fingerprint density at radius 3 is 2.18 bits per heavy atom. The van der Waals surface area contributed by atoms with Gasteiger partial charge in [0.05, 0.1) is 0 Å². The predicted molar refractivity (Wildman–Crippen MR) is 66.4 cm³/mol. The lowest BCUT2D eigenvalue weighted by atomic mass is 9.98. The first kappa shape index (κ1) is 11.8. The summed E-state index contributed by atoms with van der Waals surface area (Å²) in [5, 5.41) is 10.2. The summed E-state index contributed by atoms with van der Waals surface area (Å²) in [5.41, 5.74) is 3.56. The minimum Gasteiger partial charge on any atom is -0.384 e. The van der Waals surface area contributed by atoms with E-state index in [0.717, 1.165) is 16.7 Å². The van der Waals surface area contributed by atoms with Crippen molar-refractivity contribution in [1.82, 2.24) is 0 Å². The molecule has 17 heavy (non-hydrogen) atoms. The molecule has 0 saturated heterocycles. The highest BCUT2D eigenvalue weighted by Gasteiger charge is 2.11. The van der Waals surface area contributed by atoms with Crippen LogP contribution in [0.5, 0.6) is 0 Å². The van der Waals surface area contributed by atoms with Crippen molar-refractivity contribution in [3.8, 4) is 0 Å². The molecule has 2 aromatic carbocycles. The van der Waals surface area contributed by atoms with Crippen LogP contribution in [0.4, 0.5) is 4.39 Å². The van der Waals surface area contributed by atoms with Gasteiger partial charge in [-0.1, -0.05) is 41.5 Å². The molecule has 0 aliphatic carbocycles. The first-order chi connectivity index (χ1) is 8.06. The number of hydrogen-bond acceptors (Lipinski definition) is 1. The number of aliphatic hydroxyl groups is 1. The highest BCUT2D eigenvalue weighted by molar-refractivity contribution is 5.35. The van der Waals surface area contributed by atoms with Crippen molar-refractivity contribution in [2.45, 2.75) is 20.0 Å². The van der Waals surface area contributed by atoms with Gasteiger partial charge in [0.2, 0.25) is 0 Å². The van der Waals surface area contributed by atoms with Gasteiger partial charge in [0.25, 0.3) is 0 Å². The van der Waals surface area contributed by atoms with Gasteiger partial charge in [0.15, 0.2) is 0 Å². The van der Waals surface area contributed by atoms with Gasteiger partial charge in [0, 0.05) is 0 Å². The van der Waals surface area contributed by atoms with Crippen LogP contribution in [0.15, 0.2) is 42.5 Å². The minimum atomic E-state index is -0.774. The third-order valence-corrected chi connectivity index (χ3v) is 2.72. The molecular formula is C15H15FO. The molecule has 0 radical (unpaired) electrons. The quantitative estimate of drug-likeness (QED) is 0.836. The highest BCUT2D eigenvalue weighted by atomic mass is 19.1. The van der Waals surface area contributed by atoms with Crippen LogP contribution in [0.3, 0.4) is 0 Å². The topological polar surface area (TPSA) is 20.2 Å². The summed E-state index contributed by atoms with van der Waals surface area (Å²) in [6.07, 6.45) is -0.774. The summed E-state index contributed by atoms with van der Waals surface area (Å²) in [5.74, 6) is -0.328. The molecule has 0 heterocycles. The summed E-state index contributed by atoms with van der Waals surface area (Å²) < 4.78 is 13.1. The SMILES string of the molecule is Cc1cc(C)cc([C@H](O)c2cccc(F)c2)c1. The summed E-state index contributed by atoms with van der Waals surface area (Å²) in [4.78, 5) is 0. The molecular weight excluding hydrogens is 215 g/mol. The lowest BCUT2D eigenvalue weighted by Crippen LogP contribution is -2.01. The van der Waals surface area contributed by atoms with Crippen LogP contribution in [-0.2, 0) is 0 Å². The molecule has 0 fully saturated rings. The Morgan fingerprint density at radius 1 is 0.941 bits per heavy atom. The van der Waals surface area contributed by atoms with Crippen LogP contribution in [0.1, 0.15) is 28.4 Å². The van der Waals surface area contributed by atoms with Gasteiger partial charge in [-0.3, -0.25) is 0 Å². The van der Waals surface area contributed by atoms with Crippen LogP contribution in [-0.4, -0.2) is 5.11 Å². The Morgan fingerprint density at radius 2 is 1.59 bits per heavy atom.